The average molecular weight is 215 g/mol. The van der Waals surface area contributed by atoms with Gasteiger partial charge in [-0.1, -0.05) is 30.3 Å². The van der Waals surface area contributed by atoms with Crippen LogP contribution in [0.15, 0.2) is 47.8 Å². The molecular weight excluding hydrogens is 206 g/mol. The van der Waals surface area contributed by atoms with E-state index in [1.54, 1.807) is 18.2 Å². The molecule has 0 atom stereocenters. The molecule has 5 nitrogen and oxygen atoms in total. The lowest BCUT2D eigenvalue weighted by Gasteiger charge is -2.10. The minimum absolute atomic E-state index is 0.362. The van der Waals surface area contributed by atoms with Crippen molar-refractivity contribution in [2.75, 3.05) is 5.01 Å². The van der Waals surface area contributed by atoms with E-state index in [4.69, 9.17) is 5.73 Å². The van der Waals surface area contributed by atoms with Crippen LogP contribution < -0.4 is 10.7 Å². The van der Waals surface area contributed by atoms with Crippen LogP contribution in [-0.4, -0.2) is 6.03 Å². The first-order valence-electron chi connectivity index (χ1n) is 4.64. The van der Waals surface area contributed by atoms with Gasteiger partial charge in [0.2, 0.25) is 0 Å². The van der Waals surface area contributed by atoms with Crippen molar-refractivity contribution in [1.82, 2.24) is 0 Å². The Morgan fingerprint density at radius 1 is 1.12 bits per heavy atom. The van der Waals surface area contributed by atoms with Crippen LogP contribution in [0.4, 0.5) is 10.5 Å². The number of anilines is 1. The van der Waals surface area contributed by atoms with E-state index in [0.29, 0.717) is 10.7 Å². The summed E-state index contributed by atoms with van der Waals surface area (Å²) in [5, 5.41) is 5.12. The molecule has 0 saturated carbocycles. The topological polar surface area (TPSA) is 75.8 Å². The molecule has 80 valence electrons. The highest BCUT2D eigenvalue weighted by molar-refractivity contribution is 5.94. The lowest BCUT2D eigenvalue weighted by molar-refractivity contribution is 0.254. The standard InChI is InChI=1S/C11H9N3O2/c12-11(15)14(13-16)10-6-5-8-3-1-2-4-9(8)7-10/h1-7H,(H2,12,15). The van der Waals surface area contributed by atoms with Crippen molar-refractivity contribution in [2.45, 2.75) is 0 Å². The molecule has 0 aliphatic rings. The molecule has 0 bridgehead atoms. The Morgan fingerprint density at radius 3 is 2.44 bits per heavy atom. The maximum atomic E-state index is 10.9. The number of rotatable bonds is 2. The Morgan fingerprint density at radius 2 is 1.81 bits per heavy atom. The molecule has 2 aromatic carbocycles. The van der Waals surface area contributed by atoms with Crippen LogP contribution in [0.25, 0.3) is 10.8 Å². The lowest BCUT2D eigenvalue weighted by Crippen LogP contribution is -2.30. The Balaban J connectivity index is 2.53. The van der Waals surface area contributed by atoms with E-state index in [1.807, 2.05) is 24.3 Å². The highest BCUT2D eigenvalue weighted by Crippen LogP contribution is 2.22. The van der Waals surface area contributed by atoms with Crippen LogP contribution >= 0.6 is 0 Å². The summed E-state index contributed by atoms with van der Waals surface area (Å²) >= 11 is 0. The maximum absolute atomic E-state index is 10.9. The average Bonchev–Trinajstić information content (AvgIpc) is 2.29. The number of carbonyl (C=O) groups is 1. The van der Waals surface area contributed by atoms with Crippen LogP contribution in [0.3, 0.4) is 0 Å². The van der Waals surface area contributed by atoms with Crippen LogP contribution in [0.5, 0.6) is 0 Å². The van der Waals surface area contributed by atoms with E-state index in [2.05, 4.69) is 5.29 Å². The molecule has 0 saturated heterocycles. The molecule has 0 aliphatic heterocycles. The van der Waals surface area contributed by atoms with E-state index >= 15 is 0 Å². The Labute approximate surface area is 91.4 Å². The van der Waals surface area contributed by atoms with Crippen LogP contribution in [0.2, 0.25) is 0 Å². The van der Waals surface area contributed by atoms with E-state index in [-0.39, 0.29) is 0 Å². The second-order valence-electron chi connectivity index (χ2n) is 3.26. The lowest BCUT2D eigenvalue weighted by atomic mass is 10.1. The number of hydrogen-bond donors (Lipinski definition) is 1. The predicted octanol–water partition coefficient (Wildman–Crippen LogP) is 2.41. The molecule has 0 heterocycles. The number of primary amides is 1. The molecule has 2 aromatic rings. The van der Waals surface area contributed by atoms with Crippen molar-refractivity contribution in [1.29, 1.82) is 0 Å². The molecule has 2 amide bonds. The summed E-state index contributed by atoms with van der Waals surface area (Å²) in [7, 11) is 0. The first kappa shape index (κ1) is 10.1. The van der Waals surface area contributed by atoms with Crippen LogP contribution in [0.1, 0.15) is 0 Å². The van der Waals surface area contributed by atoms with Gasteiger partial charge in [0.25, 0.3) is 0 Å². The summed E-state index contributed by atoms with van der Waals surface area (Å²) in [6.07, 6.45) is 0. The summed E-state index contributed by atoms with van der Waals surface area (Å²) in [5.74, 6) is 0. The maximum Gasteiger partial charge on any atom is 0.342 e. The highest BCUT2D eigenvalue weighted by atomic mass is 16.3. The zero-order valence-corrected chi connectivity index (χ0v) is 8.33. The monoisotopic (exact) mass is 215 g/mol. The fourth-order valence-electron chi connectivity index (χ4n) is 1.52. The summed E-state index contributed by atoms with van der Waals surface area (Å²) in [6.45, 7) is 0. The molecule has 0 unspecified atom stereocenters. The van der Waals surface area contributed by atoms with Crippen molar-refractivity contribution < 1.29 is 4.79 Å². The summed E-state index contributed by atoms with van der Waals surface area (Å²) < 4.78 is 0. The number of carbonyl (C=O) groups excluding carboxylic acids is 1. The second kappa shape index (κ2) is 3.98. The third-order valence-corrected chi connectivity index (χ3v) is 2.27. The van der Waals surface area contributed by atoms with Gasteiger partial charge >= 0.3 is 6.03 Å². The number of hydrogen-bond acceptors (Lipinski definition) is 3. The first-order valence-corrected chi connectivity index (χ1v) is 4.64. The van der Waals surface area contributed by atoms with Gasteiger partial charge in [0.15, 0.2) is 0 Å². The molecule has 0 aliphatic carbocycles. The van der Waals surface area contributed by atoms with E-state index in [9.17, 15) is 9.70 Å². The largest absolute Gasteiger partial charge is 0.350 e. The van der Waals surface area contributed by atoms with Gasteiger partial charge in [-0.2, -0.15) is 0 Å². The number of fused-ring (bicyclic) bond motifs is 1. The third kappa shape index (κ3) is 1.70. The van der Waals surface area contributed by atoms with Crippen molar-refractivity contribution in [3.63, 3.8) is 0 Å². The molecule has 2 N–H and O–H groups in total. The van der Waals surface area contributed by atoms with Crippen molar-refractivity contribution >= 4 is 22.5 Å². The Bertz CT molecular complexity index is 554. The summed E-state index contributed by atoms with van der Waals surface area (Å²) in [4.78, 5) is 21.4. The molecule has 2 rings (SSSR count). The number of amides is 2. The van der Waals surface area contributed by atoms with Gasteiger partial charge in [-0.15, -0.1) is 9.92 Å². The predicted molar refractivity (Wildman–Crippen MR) is 61.8 cm³/mol. The zero-order valence-electron chi connectivity index (χ0n) is 8.33. The number of nitroso groups, excluding NO2 is 1. The summed E-state index contributed by atoms with van der Waals surface area (Å²) in [6, 6.07) is 11.8. The van der Waals surface area contributed by atoms with Gasteiger partial charge in [0.1, 0.15) is 0 Å². The van der Waals surface area contributed by atoms with Gasteiger partial charge in [-0.05, 0) is 22.9 Å². The van der Waals surface area contributed by atoms with Gasteiger partial charge in [0, 0.05) is 0 Å². The first-order chi connectivity index (χ1) is 7.72. The minimum Gasteiger partial charge on any atom is -0.350 e. The molecule has 16 heavy (non-hydrogen) atoms. The molecular formula is C11H9N3O2. The van der Waals surface area contributed by atoms with Crippen molar-refractivity contribution in [3.8, 4) is 0 Å². The smallest absolute Gasteiger partial charge is 0.342 e. The normalized spacial score (nSPS) is 10.0. The molecule has 0 fully saturated rings. The van der Waals surface area contributed by atoms with Gasteiger partial charge in [-0.3, -0.25) is 0 Å². The fourth-order valence-corrected chi connectivity index (χ4v) is 1.52. The van der Waals surface area contributed by atoms with Gasteiger partial charge in [-0.25, -0.2) is 4.79 Å². The van der Waals surface area contributed by atoms with E-state index in [1.165, 1.54) is 0 Å². The third-order valence-electron chi connectivity index (χ3n) is 2.27. The number of urea groups is 1. The molecule has 5 heteroatoms. The Hall–Kier alpha value is -2.43. The fraction of sp³-hybridized carbons (Fsp3) is 0. The quantitative estimate of drug-likeness (QED) is 0.616. The minimum atomic E-state index is -0.898. The summed E-state index contributed by atoms with van der Waals surface area (Å²) in [5.41, 5.74) is 5.38. The molecule has 0 spiro atoms. The number of nitrogens with zero attached hydrogens (tertiary/aromatic N) is 2. The highest BCUT2D eigenvalue weighted by Gasteiger charge is 2.12. The molecule has 0 aromatic heterocycles. The number of benzene rings is 2. The van der Waals surface area contributed by atoms with E-state index < -0.39 is 6.03 Å². The van der Waals surface area contributed by atoms with Crippen molar-refractivity contribution in [2.24, 2.45) is 11.0 Å². The van der Waals surface area contributed by atoms with Crippen molar-refractivity contribution in [3.05, 3.63) is 47.4 Å². The van der Waals surface area contributed by atoms with E-state index in [0.717, 1.165) is 10.8 Å². The second-order valence-corrected chi connectivity index (χ2v) is 3.26. The zero-order chi connectivity index (χ0) is 11.5. The molecule has 0 radical (unpaired) electrons. The van der Waals surface area contributed by atoms with Crippen LogP contribution in [-0.2, 0) is 0 Å². The Kier molecular flexibility index (Phi) is 2.51. The SMILES string of the molecule is NC(=O)N(N=O)c1ccc2ccccc2c1. The van der Waals surface area contributed by atoms with Gasteiger partial charge in [0.05, 0.1) is 11.0 Å². The van der Waals surface area contributed by atoms with Gasteiger partial charge < -0.3 is 5.73 Å². The van der Waals surface area contributed by atoms with Crippen LogP contribution in [0, 0.1) is 4.91 Å². The number of nitrogens with two attached hydrogens (primary N) is 1.